The molecule has 0 atom stereocenters. The first-order chi connectivity index (χ1) is 7.41. The Morgan fingerprint density at radius 1 is 1.50 bits per heavy atom. The Labute approximate surface area is 101 Å². The Bertz CT molecular complexity index is 434. The van der Waals surface area contributed by atoms with Crippen LogP contribution in [0.1, 0.15) is 10.4 Å². The first-order valence-corrected chi connectivity index (χ1v) is 5.23. The van der Waals surface area contributed by atoms with Gasteiger partial charge in [0.25, 0.3) is 0 Å². The number of primary amides is 1. The number of amides is 1. The van der Waals surface area contributed by atoms with Crippen molar-refractivity contribution in [1.82, 2.24) is 0 Å². The maximum absolute atomic E-state index is 11.0. The van der Waals surface area contributed by atoms with Gasteiger partial charge in [-0.3, -0.25) is 4.79 Å². The number of likely N-dealkylation sites (N-methyl/N-ethyl adjacent to an activating group) is 1. The van der Waals surface area contributed by atoms with E-state index in [1.807, 2.05) is 0 Å². The molecule has 0 unspecified atom stereocenters. The van der Waals surface area contributed by atoms with Gasteiger partial charge in [-0.05, 0) is 18.2 Å². The number of hydrogen-bond acceptors (Lipinski definition) is 3. The standard InChI is InChI=1S/C10H11BrN2O3/c1-13(5-9(12)14)8-4-6(11)2-3-7(8)10(15)16/h2-4H,5H2,1H3,(H2,12,14)(H,15,16). The molecule has 0 bridgehead atoms. The molecule has 0 spiro atoms. The summed E-state index contributed by atoms with van der Waals surface area (Å²) in [5.74, 6) is -1.56. The summed E-state index contributed by atoms with van der Waals surface area (Å²) in [5.41, 5.74) is 5.63. The van der Waals surface area contributed by atoms with Gasteiger partial charge < -0.3 is 15.7 Å². The number of halogens is 1. The molecular weight excluding hydrogens is 276 g/mol. The van der Waals surface area contributed by atoms with Crippen molar-refractivity contribution < 1.29 is 14.7 Å². The maximum atomic E-state index is 11.0. The minimum atomic E-state index is -1.04. The minimum absolute atomic E-state index is 0.0310. The third-order valence-electron chi connectivity index (χ3n) is 1.99. The Morgan fingerprint density at radius 3 is 2.62 bits per heavy atom. The molecule has 0 aliphatic rings. The van der Waals surface area contributed by atoms with Gasteiger partial charge >= 0.3 is 5.97 Å². The van der Waals surface area contributed by atoms with Crippen LogP contribution in [0.3, 0.4) is 0 Å². The van der Waals surface area contributed by atoms with Crippen LogP contribution < -0.4 is 10.6 Å². The monoisotopic (exact) mass is 286 g/mol. The number of anilines is 1. The van der Waals surface area contributed by atoms with Crippen LogP contribution in [0.5, 0.6) is 0 Å². The van der Waals surface area contributed by atoms with Gasteiger partial charge in [0, 0.05) is 11.5 Å². The summed E-state index contributed by atoms with van der Waals surface area (Å²) in [4.78, 5) is 23.2. The summed E-state index contributed by atoms with van der Waals surface area (Å²) in [6, 6.07) is 4.73. The van der Waals surface area contributed by atoms with Crippen molar-refractivity contribution in [2.24, 2.45) is 5.73 Å². The molecule has 0 aromatic heterocycles. The van der Waals surface area contributed by atoms with Crippen molar-refractivity contribution >= 4 is 33.5 Å². The fourth-order valence-corrected chi connectivity index (χ4v) is 1.67. The Hall–Kier alpha value is -1.56. The molecule has 1 amide bonds. The van der Waals surface area contributed by atoms with Gasteiger partial charge in [-0.2, -0.15) is 0 Å². The molecule has 0 fully saturated rings. The lowest BCUT2D eigenvalue weighted by molar-refractivity contribution is -0.116. The molecule has 0 saturated heterocycles. The molecule has 16 heavy (non-hydrogen) atoms. The van der Waals surface area contributed by atoms with E-state index >= 15 is 0 Å². The van der Waals surface area contributed by atoms with Crippen LogP contribution in [0.25, 0.3) is 0 Å². The SMILES string of the molecule is CN(CC(N)=O)c1cc(Br)ccc1C(=O)O. The molecular formula is C10H11BrN2O3. The van der Waals surface area contributed by atoms with Crippen LogP contribution in [-0.4, -0.2) is 30.6 Å². The van der Waals surface area contributed by atoms with Crippen LogP contribution in [-0.2, 0) is 4.79 Å². The van der Waals surface area contributed by atoms with Gasteiger partial charge in [0.2, 0.25) is 5.91 Å². The number of nitrogens with two attached hydrogens (primary N) is 1. The van der Waals surface area contributed by atoms with E-state index in [1.54, 1.807) is 19.2 Å². The highest BCUT2D eigenvalue weighted by atomic mass is 79.9. The second-order valence-electron chi connectivity index (χ2n) is 3.29. The lowest BCUT2D eigenvalue weighted by atomic mass is 10.1. The number of carboxylic acids is 1. The average molecular weight is 287 g/mol. The number of aromatic carboxylic acids is 1. The van der Waals surface area contributed by atoms with E-state index in [-0.39, 0.29) is 12.1 Å². The van der Waals surface area contributed by atoms with Gasteiger partial charge in [-0.1, -0.05) is 15.9 Å². The first-order valence-electron chi connectivity index (χ1n) is 4.44. The van der Waals surface area contributed by atoms with Gasteiger partial charge in [0.15, 0.2) is 0 Å². The molecule has 1 aromatic carbocycles. The Kier molecular flexibility index (Phi) is 3.89. The zero-order chi connectivity index (χ0) is 12.3. The first kappa shape index (κ1) is 12.5. The van der Waals surface area contributed by atoms with Crippen molar-refractivity contribution in [3.8, 4) is 0 Å². The second-order valence-corrected chi connectivity index (χ2v) is 4.20. The van der Waals surface area contributed by atoms with Crippen LogP contribution in [0, 0.1) is 0 Å². The Morgan fingerprint density at radius 2 is 2.12 bits per heavy atom. The van der Waals surface area contributed by atoms with Crippen molar-refractivity contribution in [2.75, 3.05) is 18.5 Å². The number of nitrogens with zero attached hydrogens (tertiary/aromatic N) is 1. The molecule has 6 heteroatoms. The zero-order valence-electron chi connectivity index (χ0n) is 8.61. The van der Waals surface area contributed by atoms with Crippen LogP contribution in [0.15, 0.2) is 22.7 Å². The quantitative estimate of drug-likeness (QED) is 0.867. The number of carbonyl (C=O) groups excluding carboxylic acids is 1. The number of rotatable bonds is 4. The maximum Gasteiger partial charge on any atom is 0.337 e. The number of benzene rings is 1. The molecule has 0 saturated carbocycles. The number of hydrogen-bond donors (Lipinski definition) is 2. The minimum Gasteiger partial charge on any atom is -0.478 e. The topological polar surface area (TPSA) is 83.6 Å². The van der Waals surface area contributed by atoms with E-state index in [0.29, 0.717) is 5.69 Å². The highest BCUT2D eigenvalue weighted by Gasteiger charge is 2.14. The van der Waals surface area contributed by atoms with Crippen molar-refractivity contribution in [3.63, 3.8) is 0 Å². The summed E-state index contributed by atoms with van der Waals surface area (Å²) < 4.78 is 0.740. The van der Waals surface area contributed by atoms with E-state index in [2.05, 4.69) is 15.9 Å². The molecule has 3 N–H and O–H groups in total. The third-order valence-corrected chi connectivity index (χ3v) is 2.49. The molecule has 0 aliphatic heterocycles. The number of carbonyl (C=O) groups is 2. The van der Waals surface area contributed by atoms with Gasteiger partial charge in [0.1, 0.15) is 0 Å². The summed E-state index contributed by atoms with van der Waals surface area (Å²) in [7, 11) is 1.61. The van der Waals surface area contributed by atoms with Crippen LogP contribution in [0.4, 0.5) is 5.69 Å². The normalized spacial score (nSPS) is 9.88. The zero-order valence-corrected chi connectivity index (χ0v) is 10.2. The summed E-state index contributed by atoms with van der Waals surface area (Å²) >= 11 is 3.24. The average Bonchev–Trinajstić information content (AvgIpc) is 2.15. The lowest BCUT2D eigenvalue weighted by Crippen LogP contribution is -2.31. The highest BCUT2D eigenvalue weighted by molar-refractivity contribution is 9.10. The van der Waals surface area contributed by atoms with E-state index in [9.17, 15) is 9.59 Å². The van der Waals surface area contributed by atoms with E-state index in [1.165, 1.54) is 11.0 Å². The van der Waals surface area contributed by atoms with Crippen molar-refractivity contribution in [2.45, 2.75) is 0 Å². The smallest absolute Gasteiger partial charge is 0.337 e. The van der Waals surface area contributed by atoms with Gasteiger partial charge in [-0.25, -0.2) is 4.79 Å². The van der Waals surface area contributed by atoms with E-state index in [0.717, 1.165) is 4.47 Å². The van der Waals surface area contributed by atoms with E-state index in [4.69, 9.17) is 10.8 Å². The molecule has 0 radical (unpaired) electrons. The van der Waals surface area contributed by atoms with Gasteiger partial charge in [0.05, 0.1) is 17.8 Å². The van der Waals surface area contributed by atoms with E-state index < -0.39 is 11.9 Å². The molecule has 1 rings (SSSR count). The fraction of sp³-hybridized carbons (Fsp3) is 0.200. The predicted molar refractivity (Wildman–Crippen MR) is 63.6 cm³/mol. The lowest BCUT2D eigenvalue weighted by Gasteiger charge is -2.19. The Balaban J connectivity index is 3.13. The van der Waals surface area contributed by atoms with Crippen molar-refractivity contribution in [1.29, 1.82) is 0 Å². The molecule has 0 heterocycles. The number of carboxylic acid groups (broad SMARTS) is 1. The molecule has 86 valence electrons. The largest absolute Gasteiger partial charge is 0.478 e. The third kappa shape index (κ3) is 2.96. The molecule has 5 nitrogen and oxygen atoms in total. The summed E-state index contributed by atoms with van der Waals surface area (Å²) in [5, 5.41) is 8.98. The molecule has 1 aromatic rings. The molecule has 0 aliphatic carbocycles. The van der Waals surface area contributed by atoms with Gasteiger partial charge in [-0.15, -0.1) is 0 Å². The summed E-state index contributed by atoms with van der Waals surface area (Å²) in [6.07, 6.45) is 0. The predicted octanol–water partition coefficient (Wildman–Crippen LogP) is 1.07. The highest BCUT2D eigenvalue weighted by Crippen LogP contribution is 2.24. The second kappa shape index (κ2) is 4.98. The summed E-state index contributed by atoms with van der Waals surface area (Å²) in [6.45, 7) is -0.0310. The fourth-order valence-electron chi connectivity index (χ4n) is 1.32. The van der Waals surface area contributed by atoms with Crippen LogP contribution in [0.2, 0.25) is 0 Å². The van der Waals surface area contributed by atoms with Crippen LogP contribution >= 0.6 is 15.9 Å². The van der Waals surface area contributed by atoms with Crippen molar-refractivity contribution in [3.05, 3.63) is 28.2 Å².